The molecule has 0 spiro atoms. The zero-order chi connectivity index (χ0) is 14.0. The van der Waals surface area contributed by atoms with Gasteiger partial charge in [0.15, 0.2) is 0 Å². The van der Waals surface area contributed by atoms with E-state index in [2.05, 4.69) is 21.2 Å². The number of hydrogen-bond donors (Lipinski definition) is 3. The van der Waals surface area contributed by atoms with E-state index in [9.17, 15) is 9.90 Å². The summed E-state index contributed by atoms with van der Waals surface area (Å²) in [6.45, 7) is 0. The largest absolute Gasteiger partial charge is 0.478 e. The molecule has 0 radical (unpaired) electrons. The minimum Gasteiger partial charge on any atom is -0.478 e. The van der Waals surface area contributed by atoms with Crippen molar-refractivity contribution in [3.8, 4) is 0 Å². The minimum absolute atomic E-state index is 0.0324. The van der Waals surface area contributed by atoms with Crippen LogP contribution in [0.2, 0.25) is 5.02 Å². The van der Waals surface area contributed by atoms with Gasteiger partial charge in [-0.25, -0.2) is 4.79 Å². The maximum absolute atomic E-state index is 11.2. The number of aromatic carboxylic acids is 1. The molecule has 2 aromatic rings. The molecule has 0 aliphatic heterocycles. The molecule has 19 heavy (non-hydrogen) atoms. The van der Waals surface area contributed by atoms with Crippen molar-refractivity contribution in [2.24, 2.45) is 0 Å². The van der Waals surface area contributed by atoms with Gasteiger partial charge in [0.2, 0.25) is 0 Å². The highest BCUT2D eigenvalue weighted by atomic mass is 79.9. The molecule has 4 nitrogen and oxygen atoms in total. The Hall–Kier alpha value is -1.72. The van der Waals surface area contributed by atoms with E-state index in [0.717, 1.165) is 10.2 Å². The summed E-state index contributed by atoms with van der Waals surface area (Å²) in [4.78, 5) is 11.2. The molecule has 0 saturated carbocycles. The third-order valence-corrected chi connectivity index (χ3v) is 3.23. The second-order valence-electron chi connectivity index (χ2n) is 3.87. The second kappa shape index (κ2) is 5.50. The Labute approximate surface area is 123 Å². The highest BCUT2D eigenvalue weighted by Gasteiger charge is 2.15. The molecule has 0 amide bonds. The SMILES string of the molecule is Nc1cc(Cl)c(Nc2cccc(Br)c2)c(C(=O)O)c1. The molecule has 0 unspecified atom stereocenters. The fraction of sp³-hybridized carbons (Fsp3) is 0. The summed E-state index contributed by atoms with van der Waals surface area (Å²) >= 11 is 9.39. The molecule has 0 aromatic heterocycles. The van der Waals surface area contributed by atoms with E-state index in [1.165, 1.54) is 12.1 Å². The Morgan fingerprint density at radius 3 is 2.68 bits per heavy atom. The Morgan fingerprint density at radius 1 is 1.32 bits per heavy atom. The topological polar surface area (TPSA) is 75.3 Å². The Kier molecular flexibility index (Phi) is 3.97. The molecule has 0 fully saturated rings. The molecule has 0 atom stereocenters. The van der Waals surface area contributed by atoms with Crippen molar-refractivity contribution in [1.82, 2.24) is 0 Å². The van der Waals surface area contributed by atoms with Crippen LogP contribution in [0.5, 0.6) is 0 Å². The lowest BCUT2D eigenvalue weighted by Gasteiger charge is -2.12. The third kappa shape index (κ3) is 3.19. The minimum atomic E-state index is -1.09. The normalized spacial score (nSPS) is 10.2. The number of carbonyl (C=O) groups is 1. The summed E-state index contributed by atoms with van der Waals surface area (Å²) in [7, 11) is 0. The number of nitrogen functional groups attached to an aromatic ring is 1. The molecule has 0 saturated heterocycles. The lowest BCUT2D eigenvalue weighted by atomic mass is 10.1. The van der Waals surface area contributed by atoms with Gasteiger partial charge in [-0.05, 0) is 30.3 Å². The van der Waals surface area contributed by atoms with Crippen LogP contribution >= 0.6 is 27.5 Å². The number of carboxylic acids is 1. The standard InChI is InChI=1S/C13H10BrClN2O2/c14-7-2-1-3-9(4-7)17-12-10(13(18)19)5-8(16)6-11(12)15/h1-6,17H,16H2,(H,18,19). The van der Waals surface area contributed by atoms with Crippen molar-refractivity contribution in [1.29, 1.82) is 0 Å². The first-order chi connectivity index (χ1) is 8.97. The predicted octanol–water partition coefficient (Wildman–Crippen LogP) is 4.13. The van der Waals surface area contributed by atoms with Crippen LogP contribution in [0.3, 0.4) is 0 Å². The molecule has 0 heterocycles. The van der Waals surface area contributed by atoms with Gasteiger partial charge in [-0.2, -0.15) is 0 Å². The van der Waals surface area contributed by atoms with Crippen LogP contribution in [0.15, 0.2) is 40.9 Å². The van der Waals surface area contributed by atoms with E-state index >= 15 is 0 Å². The number of carboxylic acid groups (broad SMARTS) is 1. The number of hydrogen-bond acceptors (Lipinski definition) is 3. The van der Waals surface area contributed by atoms with E-state index in [1.54, 1.807) is 0 Å². The molecule has 0 bridgehead atoms. The predicted molar refractivity (Wildman–Crippen MR) is 80.2 cm³/mol. The van der Waals surface area contributed by atoms with Crippen molar-refractivity contribution in [3.63, 3.8) is 0 Å². The van der Waals surface area contributed by atoms with Gasteiger partial charge in [0, 0.05) is 15.8 Å². The Morgan fingerprint density at radius 2 is 2.05 bits per heavy atom. The number of nitrogens with one attached hydrogen (secondary N) is 1. The number of anilines is 3. The first-order valence-electron chi connectivity index (χ1n) is 5.32. The van der Waals surface area contributed by atoms with Gasteiger partial charge < -0.3 is 16.2 Å². The molecule has 6 heteroatoms. The van der Waals surface area contributed by atoms with Crippen molar-refractivity contribution in [2.45, 2.75) is 0 Å². The monoisotopic (exact) mass is 340 g/mol. The van der Waals surface area contributed by atoms with Crippen molar-refractivity contribution in [2.75, 3.05) is 11.1 Å². The quantitative estimate of drug-likeness (QED) is 0.734. The number of rotatable bonds is 3. The highest BCUT2D eigenvalue weighted by Crippen LogP contribution is 2.32. The molecule has 98 valence electrons. The van der Waals surface area contributed by atoms with E-state index in [1.807, 2.05) is 24.3 Å². The maximum atomic E-state index is 11.2. The molecule has 2 aromatic carbocycles. The zero-order valence-electron chi connectivity index (χ0n) is 9.65. The van der Waals surface area contributed by atoms with Gasteiger partial charge in [0.25, 0.3) is 0 Å². The van der Waals surface area contributed by atoms with E-state index in [0.29, 0.717) is 11.4 Å². The molecule has 0 aliphatic rings. The Bertz CT molecular complexity index is 647. The average Bonchev–Trinajstić information content (AvgIpc) is 2.32. The first-order valence-corrected chi connectivity index (χ1v) is 6.49. The van der Waals surface area contributed by atoms with Crippen molar-refractivity contribution < 1.29 is 9.90 Å². The van der Waals surface area contributed by atoms with E-state index < -0.39 is 5.97 Å². The van der Waals surface area contributed by atoms with Crippen LogP contribution in [0.1, 0.15) is 10.4 Å². The van der Waals surface area contributed by atoms with Crippen molar-refractivity contribution in [3.05, 3.63) is 51.5 Å². The summed E-state index contributed by atoms with van der Waals surface area (Å²) in [5.41, 5.74) is 6.99. The average molecular weight is 342 g/mol. The van der Waals surface area contributed by atoms with Crippen LogP contribution in [0.25, 0.3) is 0 Å². The zero-order valence-corrected chi connectivity index (χ0v) is 12.0. The molecule has 2 rings (SSSR count). The third-order valence-electron chi connectivity index (χ3n) is 2.44. The van der Waals surface area contributed by atoms with Crippen LogP contribution < -0.4 is 11.1 Å². The van der Waals surface area contributed by atoms with E-state index in [4.69, 9.17) is 17.3 Å². The fourth-order valence-corrected chi connectivity index (χ4v) is 2.31. The number of halogens is 2. The highest BCUT2D eigenvalue weighted by molar-refractivity contribution is 9.10. The summed E-state index contributed by atoms with van der Waals surface area (Å²) in [6.07, 6.45) is 0. The molecular formula is C13H10BrClN2O2. The number of nitrogens with two attached hydrogens (primary N) is 1. The van der Waals surface area contributed by atoms with Gasteiger partial charge >= 0.3 is 5.97 Å². The van der Waals surface area contributed by atoms with Crippen LogP contribution in [-0.2, 0) is 0 Å². The van der Waals surface area contributed by atoms with Gasteiger partial charge in [0.05, 0.1) is 16.3 Å². The maximum Gasteiger partial charge on any atom is 0.337 e. The van der Waals surface area contributed by atoms with Crippen molar-refractivity contribution >= 4 is 50.6 Å². The smallest absolute Gasteiger partial charge is 0.337 e. The molecule has 4 N–H and O–H groups in total. The lowest BCUT2D eigenvalue weighted by molar-refractivity contribution is 0.0698. The van der Waals surface area contributed by atoms with Gasteiger partial charge in [-0.15, -0.1) is 0 Å². The van der Waals surface area contributed by atoms with Gasteiger partial charge in [-0.1, -0.05) is 33.6 Å². The fourth-order valence-electron chi connectivity index (χ4n) is 1.63. The first kappa shape index (κ1) is 13.7. The number of benzene rings is 2. The lowest BCUT2D eigenvalue weighted by Crippen LogP contribution is -2.04. The second-order valence-corrected chi connectivity index (χ2v) is 5.19. The summed E-state index contributed by atoms with van der Waals surface area (Å²) < 4.78 is 0.876. The van der Waals surface area contributed by atoms with Crippen LogP contribution in [-0.4, -0.2) is 11.1 Å². The summed E-state index contributed by atoms with van der Waals surface area (Å²) in [5, 5.41) is 12.4. The van der Waals surface area contributed by atoms with Crippen LogP contribution in [0, 0.1) is 0 Å². The summed E-state index contributed by atoms with van der Waals surface area (Å²) in [6, 6.07) is 10.2. The Balaban J connectivity index is 2.47. The summed E-state index contributed by atoms with van der Waals surface area (Å²) in [5.74, 6) is -1.09. The van der Waals surface area contributed by atoms with Gasteiger partial charge in [0.1, 0.15) is 0 Å². The van der Waals surface area contributed by atoms with E-state index in [-0.39, 0.29) is 10.6 Å². The molecular weight excluding hydrogens is 332 g/mol. The van der Waals surface area contributed by atoms with Gasteiger partial charge in [-0.3, -0.25) is 0 Å². The van der Waals surface area contributed by atoms with Crippen LogP contribution in [0.4, 0.5) is 17.1 Å². The molecule has 0 aliphatic carbocycles.